The second-order valence-electron chi connectivity index (χ2n) is 4.59. The van der Waals surface area contributed by atoms with E-state index in [0.29, 0.717) is 16.9 Å². The predicted molar refractivity (Wildman–Crippen MR) is 65.1 cm³/mol. The quantitative estimate of drug-likeness (QED) is 0.595. The smallest absolute Gasteiger partial charge is 0.242 e. The third-order valence-corrected chi connectivity index (χ3v) is 2.75. The molecule has 0 aliphatic heterocycles. The molecule has 4 heteroatoms. The number of benzene rings is 1. The van der Waals surface area contributed by atoms with Crippen LogP contribution in [0.5, 0.6) is 5.75 Å². The Labute approximate surface area is 96.8 Å². The van der Waals surface area contributed by atoms with Crippen LogP contribution in [0.15, 0.2) is 18.2 Å². The van der Waals surface area contributed by atoms with Gasteiger partial charge in [0.15, 0.2) is 5.78 Å². The van der Waals surface area contributed by atoms with Crippen LogP contribution in [0.3, 0.4) is 0 Å². The lowest BCUT2D eigenvalue weighted by Crippen LogP contribution is -2.29. The molecule has 0 saturated heterocycles. The first-order chi connectivity index (χ1) is 7.33. The summed E-state index contributed by atoms with van der Waals surface area (Å²) < 4.78 is 5.76. The summed E-state index contributed by atoms with van der Waals surface area (Å²) in [4.78, 5) is 11.2. The molecule has 0 amide bonds. The standard InChI is InChI=1S/C12H15NO2Si/c1-9(14)10-5-6-12(11(7-10)8-13)15-16(2,3)4/h5-7H,1-4H3. The van der Waals surface area contributed by atoms with Crippen LogP contribution in [0, 0.1) is 11.3 Å². The van der Waals surface area contributed by atoms with Crippen molar-refractivity contribution in [2.75, 3.05) is 0 Å². The molecule has 84 valence electrons. The number of ketones is 1. The van der Waals surface area contributed by atoms with Gasteiger partial charge in [0, 0.05) is 5.56 Å². The first kappa shape index (κ1) is 12.5. The third-order valence-electron chi connectivity index (χ3n) is 1.92. The number of nitriles is 1. The first-order valence-electron chi connectivity index (χ1n) is 5.07. The van der Waals surface area contributed by atoms with Gasteiger partial charge in [0.05, 0.1) is 5.56 Å². The molecule has 1 rings (SSSR count). The highest BCUT2D eigenvalue weighted by Crippen LogP contribution is 2.22. The van der Waals surface area contributed by atoms with Crippen LogP contribution in [0.1, 0.15) is 22.8 Å². The number of Topliss-reactive ketones (excluding diaryl/α,β-unsaturated/α-hetero) is 1. The lowest BCUT2D eigenvalue weighted by Gasteiger charge is -2.20. The zero-order chi connectivity index (χ0) is 12.3. The second kappa shape index (κ2) is 4.50. The zero-order valence-electron chi connectivity index (χ0n) is 10.00. The maximum Gasteiger partial charge on any atom is 0.242 e. The second-order valence-corrected chi connectivity index (χ2v) is 9.02. The van der Waals surface area contributed by atoms with Gasteiger partial charge in [0.1, 0.15) is 11.8 Å². The summed E-state index contributed by atoms with van der Waals surface area (Å²) in [5.41, 5.74) is 0.967. The van der Waals surface area contributed by atoms with Crippen molar-refractivity contribution in [3.8, 4) is 11.8 Å². The highest BCUT2D eigenvalue weighted by molar-refractivity contribution is 6.70. The molecular formula is C12H15NO2Si. The van der Waals surface area contributed by atoms with Crippen molar-refractivity contribution in [2.24, 2.45) is 0 Å². The summed E-state index contributed by atoms with van der Waals surface area (Å²) in [6, 6.07) is 7.03. The van der Waals surface area contributed by atoms with Gasteiger partial charge in [-0.15, -0.1) is 0 Å². The van der Waals surface area contributed by atoms with Crippen LogP contribution in [0.2, 0.25) is 19.6 Å². The molecule has 16 heavy (non-hydrogen) atoms. The summed E-state index contributed by atoms with van der Waals surface area (Å²) in [5.74, 6) is 0.530. The summed E-state index contributed by atoms with van der Waals surface area (Å²) in [6.45, 7) is 7.63. The van der Waals surface area contributed by atoms with Crippen LogP contribution in [0.25, 0.3) is 0 Å². The van der Waals surface area contributed by atoms with Crippen molar-refractivity contribution in [3.63, 3.8) is 0 Å². The van der Waals surface area contributed by atoms with E-state index in [2.05, 4.69) is 6.07 Å². The third kappa shape index (κ3) is 3.21. The van der Waals surface area contributed by atoms with Crippen molar-refractivity contribution in [1.82, 2.24) is 0 Å². The van der Waals surface area contributed by atoms with Gasteiger partial charge in [-0.3, -0.25) is 4.79 Å². The summed E-state index contributed by atoms with van der Waals surface area (Å²) in [7, 11) is -1.73. The van der Waals surface area contributed by atoms with Crippen molar-refractivity contribution in [3.05, 3.63) is 29.3 Å². The number of carbonyl (C=O) groups is 1. The largest absolute Gasteiger partial charge is 0.543 e. The molecule has 0 aliphatic rings. The first-order valence-corrected chi connectivity index (χ1v) is 8.48. The minimum Gasteiger partial charge on any atom is -0.543 e. The van der Waals surface area contributed by atoms with Crippen molar-refractivity contribution >= 4 is 14.1 Å². The molecule has 0 spiro atoms. The molecule has 0 unspecified atom stereocenters. The SMILES string of the molecule is CC(=O)c1ccc(O[Si](C)(C)C)c(C#N)c1. The van der Waals surface area contributed by atoms with Crippen LogP contribution < -0.4 is 4.43 Å². The van der Waals surface area contributed by atoms with Gasteiger partial charge < -0.3 is 4.43 Å². The van der Waals surface area contributed by atoms with E-state index in [9.17, 15) is 4.79 Å². The zero-order valence-corrected chi connectivity index (χ0v) is 11.0. The molecule has 0 saturated carbocycles. The van der Waals surface area contributed by atoms with Crippen molar-refractivity contribution in [1.29, 1.82) is 5.26 Å². The Morgan fingerprint density at radius 1 is 1.38 bits per heavy atom. The maximum atomic E-state index is 11.2. The number of hydrogen-bond donors (Lipinski definition) is 0. The van der Waals surface area contributed by atoms with Gasteiger partial charge in [-0.2, -0.15) is 5.26 Å². The molecule has 0 heterocycles. The molecule has 0 N–H and O–H groups in total. The van der Waals surface area contributed by atoms with E-state index in [4.69, 9.17) is 9.69 Å². The Kier molecular flexibility index (Phi) is 3.50. The Morgan fingerprint density at radius 3 is 2.44 bits per heavy atom. The summed E-state index contributed by atoms with van der Waals surface area (Å²) in [6.07, 6.45) is 0. The van der Waals surface area contributed by atoms with E-state index >= 15 is 0 Å². The minimum atomic E-state index is -1.73. The van der Waals surface area contributed by atoms with E-state index in [0.717, 1.165) is 0 Å². The molecule has 0 radical (unpaired) electrons. The van der Waals surface area contributed by atoms with Gasteiger partial charge in [-0.25, -0.2) is 0 Å². The fourth-order valence-electron chi connectivity index (χ4n) is 1.26. The lowest BCUT2D eigenvalue weighted by molar-refractivity contribution is 0.101. The molecule has 0 aromatic heterocycles. The fourth-order valence-corrected chi connectivity index (χ4v) is 2.09. The Bertz CT molecular complexity index is 455. The monoisotopic (exact) mass is 233 g/mol. The molecule has 0 bridgehead atoms. The maximum absolute atomic E-state index is 11.2. The normalized spacial score (nSPS) is 10.7. The van der Waals surface area contributed by atoms with Crippen molar-refractivity contribution in [2.45, 2.75) is 26.6 Å². The van der Waals surface area contributed by atoms with E-state index in [1.54, 1.807) is 18.2 Å². The van der Waals surface area contributed by atoms with Crippen LogP contribution in [-0.4, -0.2) is 14.1 Å². The van der Waals surface area contributed by atoms with Crippen LogP contribution in [0.4, 0.5) is 0 Å². The average Bonchev–Trinajstić information content (AvgIpc) is 2.15. The van der Waals surface area contributed by atoms with E-state index in [-0.39, 0.29) is 5.78 Å². The molecule has 0 atom stereocenters. The molecule has 3 nitrogen and oxygen atoms in total. The van der Waals surface area contributed by atoms with Gasteiger partial charge in [-0.05, 0) is 44.8 Å². The van der Waals surface area contributed by atoms with Gasteiger partial charge in [0.25, 0.3) is 0 Å². The van der Waals surface area contributed by atoms with Crippen molar-refractivity contribution < 1.29 is 9.22 Å². The van der Waals surface area contributed by atoms with Crippen LogP contribution >= 0.6 is 0 Å². The average molecular weight is 233 g/mol. The van der Waals surface area contributed by atoms with E-state index in [1.807, 2.05) is 19.6 Å². The number of carbonyl (C=O) groups excluding carboxylic acids is 1. The highest BCUT2D eigenvalue weighted by Gasteiger charge is 2.18. The number of hydrogen-bond acceptors (Lipinski definition) is 3. The predicted octanol–water partition coefficient (Wildman–Crippen LogP) is 2.97. The summed E-state index contributed by atoms with van der Waals surface area (Å²) in [5, 5.41) is 9.00. The van der Waals surface area contributed by atoms with E-state index in [1.165, 1.54) is 6.92 Å². The highest BCUT2D eigenvalue weighted by atomic mass is 28.4. The topological polar surface area (TPSA) is 50.1 Å². The fraction of sp³-hybridized carbons (Fsp3) is 0.333. The van der Waals surface area contributed by atoms with E-state index < -0.39 is 8.32 Å². The molecule has 0 fully saturated rings. The molecule has 1 aromatic rings. The molecular weight excluding hydrogens is 218 g/mol. The van der Waals surface area contributed by atoms with Gasteiger partial charge in [0.2, 0.25) is 8.32 Å². The Morgan fingerprint density at radius 2 is 2.00 bits per heavy atom. The number of rotatable bonds is 3. The molecule has 1 aromatic carbocycles. The Balaban J connectivity index is 3.14. The summed E-state index contributed by atoms with van der Waals surface area (Å²) >= 11 is 0. The van der Waals surface area contributed by atoms with Crippen LogP contribution in [-0.2, 0) is 0 Å². The Hall–Kier alpha value is -1.60. The lowest BCUT2D eigenvalue weighted by atomic mass is 10.1. The minimum absolute atomic E-state index is 0.0453. The van der Waals surface area contributed by atoms with Gasteiger partial charge in [-0.1, -0.05) is 0 Å². The number of nitrogens with zero attached hydrogens (tertiary/aromatic N) is 1. The van der Waals surface area contributed by atoms with Gasteiger partial charge >= 0.3 is 0 Å². The molecule has 0 aliphatic carbocycles.